The maximum Gasteiger partial charge on any atom is 0.220 e. The summed E-state index contributed by atoms with van der Waals surface area (Å²) in [6.07, 6.45) is 3.98. The monoisotopic (exact) mass is 507 g/mol. The number of hydrogen-bond acceptors (Lipinski definition) is 3. The molecule has 0 unspecified atom stereocenters. The second-order valence-electron chi connectivity index (χ2n) is 6.67. The fraction of sp³-hybridized carbons (Fsp3) is 0.579. The Labute approximate surface area is 184 Å². The molecule has 8 heteroatoms. The molecular formula is C19H31ClIN5O. The van der Waals surface area contributed by atoms with E-state index in [-0.39, 0.29) is 35.8 Å². The highest BCUT2D eigenvalue weighted by Crippen LogP contribution is 2.17. The number of rotatable bonds is 8. The number of nitrogens with two attached hydrogens (primary N) is 1. The van der Waals surface area contributed by atoms with E-state index in [1.807, 2.05) is 24.3 Å². The Morgan fingerprint density at radius 1 is 1.26 bits per heavy atom. The zero-order valence-electron chi connectivity index (χ0n) is 15.9. The fourth-order valence-corrected chi connectivity index (χ4v) is 3.35. The van der Waals surface area contributed by atoms with Crippen LogP contribution in [-0.4, -0.2) is 50.0 Å². The lowest BCUT2D eigenvalue weighted by atomic mass is 9.96. The normalized spacial score (nSPS) is 15.9. The molecule has 1 fully saturated rings. The van der Waals surface area contributed by atoms with Gasteiger partial charge in [-0.25, -0.2) is 0 Å². The lowest BCUT2D eigenvalue weighted by Crippen LogP contribution is -2.39. The molecule has 27 heavy (non-hydrogen) atoms. The van der Waals surface area contributed by atoms with Crippen molar-refractivity contribution in [2.75, 3.05) is 33.2 Å². The zero-order valence-corrected chi connectivity index (χ0v) is 19.0. The number of unbranched alkanes of at least 4 members (excludes halogenated alkanes) is 1. The molecule has 4 N–H and O–H groups in total. The number of primary amides is 1. The second kappa shape index (κ2) is 13.2. The topological polar surface area (TPSA) is 82.8 Å². The number of carbonyl (C=O) groups is 1. The van der Waals surface area contributed by atoms with E-state index in [4.69, 9.17) is 17.3 Å². The van der Waals surface area contributed by atoms with Crippen LogP contribution < -0.4 is 16.4 Å². The highest BCUT2D eigenvalue weighted by molar-refractivity contribution is 14.0. The van der Waals surface area contributed by atoms with E-state index in [9.17, 15) is 4.79 Å². The summed E-state index contributed by atoms with van der Waals surface area (Å²) in [6, 6.07) is 7.80. The summed E-state index contributed by atoms with van der Waals surface area (Å²) in [5.74, 6) is 0.706. The van der Waals surface area contributed by atoms with Gasteiger partial charge >= 0.3 is 0 Å². The van der Waals surface area contributed by atoms with Gasteiger partial charge in [0.25, 0.3) is 0 Å². The van der Waals surface area contributed by atoms with Crippen molar-refractivity contribution in [2.24, 2.45) is 16.6 Å². The minimum absolute atomic E-state index is 0. The number of carbonyl (C=O) groups excluding carboxylic acids is 1. The molecule has 1 aromatic rings. The van der Waals surface area contributed by atoms with Crippen molar-refractivity contribution in [3.63, 3.8) is 0 Å². The van der Waals surface area contributed by atoms with Crippen molar-refractivity contribution >= 4 is 47.4 Å². The highest BCUT2D eigenvalue weighted by atomic mass is 127. The van der Waals surface area contributed by atoms with Gasteiger partial charge in [-0.3, -0.25) is 9.79 Å². The van der Waals surface area contributed by atoms with E-state index in [1.165, 1.54) is 0 Å². The molecule has 1 aliphatic rings. The Bertz CT molecular complexity index is 606. The summed E-state index contributed by atoms with van der Waals surface area (Å²) in [4.78, 5) is 17.8. The number of nitrogens with zero attached hydrogens (tertiary/aromatic N) is 2. The molecule has 2 rings (SSSR count). The maximum atomic E-state index is 11.2. The summed E-state index contributed by atoms with van der Waals surface area (Å²) in [6.45, 7) is 4.54. The summed E-state index contributed by atoms with van der Waals surface area (Å²) in [5, 5.41) is 7.38. The number of aliphatic imine (C=N–C) groups is 1. The van der Waals surface area contributed by atoms with Gasteiger partial charge in [-0.05, 0) is 56.9 Å². The van der Waals surface area contributed by atoms with Crippen LogP contribution in [0.2, 0.25) is 5.02 Å². The molecule has 1 aromatic carbocycles. The number of guanidine groups is 1. The van der Waals surface area contributed by atoms with Crippen molar-refractivity contribution in [3.05, 3.63) is 34.9 Å². The minimum Gasteiger partial charge on any atom is -0.369 e. The third-order valence-electron chi connectivity index (χ3n) is 4.81. The fourth-order valence-electron chi connectivity index (χ4n) is 3.15. The Hall–Kier alpha value is -1.06. The molecule has 6 nitrogen and oxygen atoms in total. The summed E-state index contributed by atoms with van der Waals surface area (Å²) < 4.78 is 0. The molecule has 1 aliphatic heterocycles. The van der Waals surface area contributed by atoms with Crippen molar-refractivity contribution in [3.8, 4) is 0 Å². The van der Waals surface area contributed by atoms with Gasteiger partial charge in [-0.2, -0.15) is 0 Å². The number of hydrogen-bond donors (Lipinski definition) is 3. The first-order chi connectivity index (χ1) is 12.6. The summed E-state index contributed by atoms with van der Waals surface area (Å²) >= 11 is 6.17. The van der Waals surface area contributed by atoms with Crippen LogP contribution in [0.1, 0.15) is 31.2 Å². The Morgan fingerprint density at radius 3 is 2.59 bits per heavy atom. The molecule has 1 saturated heterocycles. The first-order valence-electron chi connectivity index (χ1n) is 9.29. The van der Waals surface area contributed by atoms with Gasteiger partial charge in [0.2, 0.25) is 5.91 Å². The van der Waals surface area contributed by atoms with Crippen LogP contribution in [0.5, 0.6) is 0 Å². The van der Waals surface area contributed by atoms with Crippen LogP contribution in [0, 0.1) is 5.92 Å². The lowest BCUT2D eigenvalue weighted by Gasteiger charge is -2.30. The lowest BCUT2D eigenvalue weighted by molar-refractivity contribution is -0.123. The molecule has 152 valence electrons. The van der Waals surface area contributed by atoms with E-state index in [2.05, 4.69) is 20.5 Å². The molecule has 0 spiro atoms. The SMILES string of the molecule is CN=C(NCCCCN1CCC(C(N)=O)CC1)NCc1ccccc1Cl.I. The number of likely N-dealkylation sites (tertiary alicyclic amines) is 1. The van der Waals surface area contributed by atoms with Crippen LogP contribution in [0.15, 0.2) is 29.3 Å². The van der Waals surface area contributed by atoms with Crippen molar-refractivity contribution < 1.29 is 4.79 Å². The van der Waals surface area contributed by atoms with Crippen LogP contribution in [0.25, 0.3) is 0 Å². The van der Waals surface area contributed by atoms with E-state index in [0.717, 1.165) is 68.4 Å². The molecule has 0 atom stereocenters. The van der Waals surface area contributed by atoms with E-state index >= 15 is 0 Å². The van der Waals surface area contributed by atoms with Gasteiger partial charge in [0.05, 0.1) is 0 Å². The molecule has 0 radical (unpaired) electrons. The first kappa shape index (κ1) is 24.0. The molecule has 0 saturated carbocycles. The van der Waals surface area contributed by atoms with Gasteiger partial charge in [-0.15, -0.1) is 24.0 Å². The molecule has 0 bridgehead atoms. The quantitative estimate of drug-likeness (QED) is 0.219. The number of nitrogens with one attached hydrogen (secondary N) is 2. The number of amides is 1. The number of halogens is 2. The number of benzene rings is 1. The van der Waals surface area contributed by atoms with Crippen LogP contribution in [-0.2, 0) is 11.3 Å². The summed E-state index contributed by atoms with van der Waals surface area (Å²) in [5.41, 5.74) is 6.43. The van der Waals surface area contributed by atoms with Crippen molar-refractivity contribution in [2.45, 2.75) is 32.2 Å². The van der Waals surface area contributed by atoms with E-state index in [0.29, 0.717) is 6.54 Å². The first-order valence-corrected chi connectivity index (χ1v) is 9.67. The van der Waals surface area contributed by atoms with Gasteiger partial charge in [0, 0.05) is 31.1 Å². The van der Waals surface area contributed by atoms with E-state index < -0.39 is 0 Å². The molecule has 0 aromatic heterocycles. The Kier molecular flexibility index (Phi) is 11.7. The predicted octanol–water partition coefficient (Wildman–Crippen LogP) is 2.60. The Balaban J connectivity index is 0.00000364. The molecule has 1 amide bonds. The minimum atomic E-state index is -0.149. The summed E-state index contributed by atoms with van der Waals surface area (Å²) in [7, 11) is 1.77. The zero-order chi connectivity index (χ0) is 18.8. The van der Waals surface area contributed by atoms with Crippen LogP contribution in [0.4, 0.5) is 0 Å². The van der Waals surface area contributed by atoms with Gasteiger partial charge in [-0.1, -0.05) is 29.8 Å². The van der Waals surface area contributed by atoms with Crippen molar-refractivity contribution in [1.29, 1.82) is 0 Å². The predicted molar refractivity (Wildman–Crippen MR) is 123 cm³/mol. The third kappa shape index (κ3) is 8.66. The van der Waals surface area contributed by atoms with E-state index in [1.54, 1.807) is 7.05 Å². The molecule has 0 aliphatic carbocycles. The van der Waals surface area contributed by atoms with Gasteiger partial charge < -0.3 is 21.3 Å². The molecular weight excluding hydrogens is 477 g/mol. The van der Waals surface area contributed by atoms with Crippen molar-refractivity contribution in [1.82, 2.24) is 15.5 Å². The second-order valence-corrected chi connectivity index (χ2v) is 7.08. The Morgan fingerprint density at radius 2 is 1.96 bits per heavy atom. The van der Waals surface area contributed by atoms with Gasteiger partial charge in [0.1, 0.15) is 0 Å². The third-order valence-corrected chi connectivity index (χ3v) is 5.18. The van der Waals surface area contributed by atoms with Crippen LogP contribution >= 0.6 is 35.6 Å². The average Bonchev–Trinajstić information content (AvgIpc) is 2.65. The highest BCUT2D eigenvalue weighted by Gasteiger charge is 2.22. The largest absolute Gasteiger partial charge is 0.369 e. The molecule has 1 heterocycles. The van der Waals surface area contributed by atoms with Crippen LogP contribution in [0.3, 0.4) is 0 Å². The maximum absolute atomic E-state index is 11.2. The standard InChI is InChI=1S/C19H30ClN5O.HI/c1-22-19(24-14-16-6-2-3-7-17(16)20)23-10-4-5-11-25-12-8-15(9-13-25)18(21)26;/h2-3,6-7,15H,4-5,8-14H2,1H3,(H2,21,26)(H2,22,23,24);1H. The number of piperidine rings is 1. The average molecular weight is 508 g/mol. The smallest absolute Gasteiger partial charge is 0.220 e. The van der Waals surface area contributed by atoms with Gasteiger partial charge in [0.15, 0.2) is 5.96 Å².